The van der Waals surface area contributed by atoms with Gasteiger partial charge in [-0.15, -0.1) is 0 Å². The molecule has 0 bridgehead atoms. The molecule has 4 heteroatoms. The summed E-state index contributed by atoms with van der Waals surface area (Å²) in [5, 5.41) is 19.1. The van der Waals surface area contributed by atoms with Crippen molar-refractivity contribution in [2.75, 3.05) is 0 Å². The fourth-order valence-electron chi connectivity index (χ4n) is 20.8. The van der Waals surface area contributed by atoms with Crippen LogP contribution in [0.4, 0.5) is 0 Å². The molecule has 1 spiro atoms. The van der Waals surface area contributed by atoms with E-state index in [9.17, 15) is 0 Å². The highest BCUT2D eigenvalue weighted by molar-refractivity contribution is 6.28. The number of nitrogens with zero attached hydrogens (tertiary/aromatic N) is 4. The summed E-state index contributed by atoms with van der Waals surface area (Å²) in [7, 11) is 0. The van der Waals surface area contributed by atoms with Crippen LogP contribution in [0.1, 0.15) is 44.5 Å². The number of hydrogen-bond acceptors (Lipinski definition) is 4. The van der Waals surface area contributed by atoms with Gasteiger partial charge in [-0.2, -0.15) is 0 Å². The SMILES string of the molecule is c1ccc(C2(c3ccccc3)c3ccc(-c4ccc5c6ccccc6c6ccccc6c5c4)cc3-c3cc(-c4cc(-c5ccc6c7ccc(-c8ccc9c(c8)-c8cc(-c%10ccc%11ccc%12cccnc%12c%11n%10)ccc8C98c9ccccc9-c9ccccc98)cc7c7ccccc7c6c5)c5ccc6cccnc6c5n4)ccc32)cc1. The fourth-order valence-corrected chi connectivity index (χ4v) is 20.8. The molecule has 0 unspecified atom stereocenters. The Hall–Kier alpha value is -14.8. The zero-order chi connectivity index (χ0) is 74.5. The third-order valence-corrected chi connectivity index (χ3v) is 25.8. The van der Waals surface area contributed by atoms with E-state index >= 15 is 0 Å². The Balaban J connectivity index is 0.644. The molecule has 25 rings (SSSR count). The van der Waals surface area contributed by atoms with Crippen molar-refractivity contribution < 1.29 is 0 Å². The van der Waals surface area contributed by atoms with Gasteiger partial charge in [-0.3, -0.25) is 9.97 Å². The molecule has 3 aliphatic rings. The van der Waals surface area contributed by atoms with Gasteiger partial charge in [-0.1, -0.05) is 309 Å². The van der Waals surface area contributed by atoms with Crippen LogP contribution in [-0.2, 0) is 10.8 Å². The van der Waals surface area contributed by atoms with E-state index < -0.39 is 10.8 Å². The molecule has 4 nitrogen and oxygen atoms in total. The van der Waals surface area contributed by atoms with Crippen LogP contribution in [0.2, 0.25) is 0 Å². The molecular formula is C110H64N4. The summed E-state index contributed by atoms with van der Waals surface area (Å²) in [5.41, 5.74) is 30.9. The molecule has 4 heterocycles. The molecule has 0 radical (unpaired) electrons. The van der Waals surface area contributed by atoms with E-state index in [0.29, 0.717) is 0 Å². The van der Waals surface area contributed by atoms with Gasteiger partial charge in [0.2, 0.25) is 0 Å². The Kier molecular flexibility index (Phi) is 13.2. The zero-order valence-electron chi connectivity index (χ0n) is 61.7. The van der Waals surface area contributed by atoms with E-state index in [0.717, 1.165) is 77.3 Å². The predicted octanol–water partition coefficient (Wildman–Crippen LogP) is 27.8. The summed E-state index contributed by atoms with van der Waals surface area (Å²) in [6.07, 6.45) is 3.77. The molecule has 0 fully saturated rings. The van der Waals surface area contributed by atoms with E-state index in [4.69, 9.17) is 19.9 Å². The summed E-state index contributed by atoms with van der Waals surface area (Å²) < 4.78 is 0. The van der Waals surface area contributed by atoms with E-state index in [1.807, 2.05) is 24.5 Å². The van der Waals surface area contributed by atoms with Gasteiger partial charge in [0.1, 0.15) is 0 Å². The third-order valence-electron chi connectivity index (χ3n) is 25.8. The summed E-state index contributed by atoms with van der Waals surface area (Å²) in [6, 6.07) is 141. The van der Waals surface area contributed by atoms with Crippen LogP contribution in [0, 0.1) is 0 Å². The van der Waals surface area contributed by atoms with Crippen molar-refractivity contribution >= 4 is 108 Å². The molecule has 0 aliphatic heterocycles. The lowest BCUT2D eigenvalue weighted by atomic mass is 9.67. The van der Waals surface area contributed by atoms with Gasteiger partial charge >= 0.3 is 0 Å². The van der Waals surface area contributed by atoms with Crippen LogP contribution in [0.5, 0.6) is 0 Å². The number of hydrogen-bond donors (Lipinski definition) is 0. The molecule has 0 saturated carbocycles. The molecular weight excluding hydrogens is 1380 g/mol. The molecule has 18 aromatic carbocycles. The lowest BCUT2D eigenvalue weighted by Crippen LogP contribution is -2.28. The van der Waals surface area contributed by atoms with Gasteiger partial charge in [0, 0.05) is 45.1 Å². The quantitative estimate of drug-likeness (QED) is 0.149. The summed E-state index contributed by atoms with van der Waals surface area (Å²) in [6.45, 7) is 0. The Morgan fingerprint density at radius 3 is 1.01 bits per heavy atom. The predicted molar refractivity (Wildman–Crippen MR) is 473 cm³/mol. The monoisotopic (exact) mass is 1440 g/mol. The fraction of sp³-hybridized carbons (Fsp3) is 0.0182. The van der Waals surface area contributed by atoms with Gasteiger partial charge in [-0.05, 0) is 243 Å². The van der Waals surface area contributed by atoms with Crippen molar-refractivity contribution in [3.63, 3.8) is 0 Å². The number of fused-ring (bicyclic) bond motifs is 31. The van der Waals surface area contributed by atoms with E-state index in [2.05, 4.69) is 364 Å². The Morgan fingerprint density at radius 1 is 0.167 bits per heavy atom. The Bertz CT molecular complexity index is 7850. The van der Waals surface area contributed by atoms with Crippen LogP contribution >= 0.6 is 0 Å². The second-order valence-corrected chi connectivity index (χ2v) is 31.3. The number of rotatable bonds is 7. The van der Waals surface area contributed by atoms with Gasteiger partial charge < -0.3 is 0 Å². The third kappa shape index (κ3) is 8.76. The van der Waals surface area contributed by atoms with Crippen LogP contribution in [0.3, 0.4) is 0 Å². The minimum Gasteiger partial charge on any atom is -0.254 e. The molecule has 3 aliphatic carbocycles. The van der Waals surface area contributed by atoms with Crippen LogP contribution in [0.15, 0.2) is 389 Å². The van der Waals surface area contributed by atoms with Crippen molar-refractivity contribution in [3.05, 3.63) is 433 Å². The van der Waals surface area contributed by atoms with E-state index in [1.165, 1.54) is 165 Å². The van der Waals surface area contributed by atoms with Crippen molar-refractivity contribution in [1.82, 2.24) is 19.9 Å². The highest BCUT2D eigenvalue weighted by Crippen LogP contribution is 2.64. The number of benzene rings is 18. The van der Waals surface area contributed by atoms with Gasteiger partial charge in [-0.25, -0.2) is 9.97 Å². The largest absolute Gasteiger partial charge is 0.254 e. The molecule has 114 heavy (non-hydrogen) atoms. The molecule has 0 amide bonds. The van der Waals surface area contributed by atoms with Gasteiger partial charge in [0.25, 0.3) is 0 Å². The average Bonchev–Trinajstić information content (AvgIpc) is 1.51. The van der Waals surface area contributed by atoms with E-state index in [1.54, 1.807) is 0 Å². The molecule has 0 N–H and O–H groups in total. The second-order valence-electron chi connectivity index (χ2n) is 31.3. The highest BCUT2D eigenvalue weighted by Gasteiger charge is 2.52. The minimum atomic E-state index is -0.613. The standard InChI is InChI=1S/C110H64N4/c1-3-21-75(22-4-1)109(76-23-5-2-6-24-76)99-50-41-70(68-38-46-83-79-27-8-7-25-77(79)78-26-9-10-28-80(78)90(83)57-68)59-93(99)95-63-74(44-52-100(95)109)104-64-89(88-49-37-66-20-18-56-112-106(66)108(88)114-104)72-40-48-85-84-47-39-69(58-91(84)81-29-11-12-30-82(81)92(85)61-72)71-42-51-101-94(60-71)96-62-73(103-54-45-67-36-35-65-19-17-55-111-105(65)107(67)113-103)43-53-102(96)110(101)97-33-15-13-31-86(97)87-32-14-16-34-98(87)110/h1-64H. The molecule has 22 aromatic rings. The Morgan fingerprint density at radius 2 is 0.500 bits per heavy atom. The first-order valence-corrected chi connectivity index (χ1v) is 39.5. The average molecular weight is 1440 g/mol. The molecule has 4 aromatic heterocycles. The lowest BCUT2D eigenvalue weighted by molar-refractivity contribution is 0.768. The van der Waals surface area contributed by atoms with Crippen molar-refractivity contribution in [1.29, 1.82) is 0 Å². The van der Waals surface area contributed by atoms with Crippen LogP contribution in [0.25, 0.3) is 198 Å². The molecule has 0 atom stereocenters. The maximum Gasteiger partial charge on any atom is 0.0978 e. The van der Waals surface area contributed by atoms with Crippen molar-refractivity contribution in [2.24, 2.45) is 0 Å². The number of pyridine rings is 4. The minimum absolute atomic E-state index is 0.509. The lowest BCUT2D eigenvalue weighted by Gasteiger charge is -2.34. The van der Waals surface area contributed by atoms with Crippen LogP contribution in [-0.4, -0.2) is 19.9 Å². The van der Waals surface area contributed by atoms with Gasteiger partial charge in [0.15, 0.2) is 0 Å². The first-order chi connectivity index (χ1) is 56.5. The maximum atomic E-state index is 5.75. The first kappa shape index (κ1) is 63.0. The maximum absolute atomic E-state index is 5.75. The molecule has 0 saturated heterocycles. The topological polar surface area (TPSA) is 51.6 Å². The summed E-state index contributed by atoms with van der Waals surface area (Å²) >= 11 is 0. The molecule has 524 valence electrons. The smallest absolute Gasteiger partial charge is 0.0978 e. The summed E-state index contributed by atoms with van der Waals surface area (Å²) in [5.74, 6) is 0. The summed E-state index contributed by atoms with van der Waals surface area (Å²) in [4.78, 5) is 21.1. The van der Waals surface area contributed by atoms with Gasteiger partial charge in [0.05, 0.1) is 44.3 Å². The van der Waals surface area contributed by atoms with E-state index in [-0.39, 0.29) is 0 Å². The number of aromatic nitrogens is 4. The Labute approximate surface area is 656 Å². The zero-order valence-corrected chi connectivity index (χ0v) is 61.7. The normalized spacial score (nSPS) is 13.4. The van der Waals surface area contributed by atoms with Crippen LogP contribution < -0.4 is 0 Å². The highest BCUT2D eigenvalue weighted by atomic mass is 14.8. The second kappa shape index (κ2) is 23.8. The van der Waals surface area contributed by atoms with Crippen molar-refractivity contribution in [2.45, 2.75) is 10.8 Å². The first-order valence-electron chi connectivity index (χ1n) is 39.5. The van der Waals surface area contributed by atoms with Crippen molar-refractivity contribution in [3.8, 4) is 89.3 Å².